The highest BCUT2D eigenvalue weighted by Gasteiger charge is 2.12. The van der Waals surface area contributed by atoms with Crippen LogP contribution in [0.4, 0.5) is 4.39 Å². The summed E-state index contributed by atoms with van der Waals surface area (Å²) in [5.74, 6) is -0.210. The zero-order chi connectivity index (χ0) is 11.0. The summed E-state index contributed by atoms with van der Waals surface area (Å²) in [5, 5.41) is 0.923. The van der Waals surface area contributed by atoms with E-state index in [-0.39, 0.29) is 11.9 Å². The van der Waals surface area contributed by atoms with E-state index in [0.29, 0.717) is 0 Å². The molecule has 0 aliphatic heterocycles. The minimum Gasteiger partial charge on any atom is -0.350 e. The summed E-state index contributed by atoms with van der Waals surface area (Å²) in [6.07, 6.45) is 2.84. The number of halogens is 1. The van der Waals surface area contributed by atoms with Crippen molar-refractivity contribution in [1.82, 2.24) is 4.57 Å². The molecule has 1 atom stereocenters. The second-order valence-corrected chi connectivity index (χ2v) is 3.87. The van der Waals surface area contributed by atoms with Crippen LogP contribution in [0.25, 0.3) is 10.9 Å². The standard InChI is InChI=1S/C12H15FN2/c1-3-11(14)10-7-15(2)12-5-4-8(13)6-9(10)12/h4-7,11H,3,14H2,1-2H3. The number of nitrogens with zero attached hydrogens (tertiary/aromatic N) is 1. The molecule has 0 bridgehead atoms. The molecule has 2 nitrogen and oxygen atoms in total. The minimum atomic E-state index is -0.210. The first-order chi connectivity index (χ1) is 7.13. The number of benzene rings is 1. The lowest BCUT2D eigenvalue weighted by Gasteiger charge is -2.06. The molecular formula is C12H15FN2. The number of aromatic nitrogens is 1. The molecule has 0 spiro atoms. The molecule has 2 rings (SSSR count). The van der Waals surface area contributed by atoms with Gasteiger partial charge in [-0.25, -0.2) is 4.39 Å². The maximum absolute atomic E-state index is 13.1. The van der Waals surface area contributed by atoms with Crippen LogP contribution in [0.5, 0.6) is 0 Å². The van der Waals surface area contributed by atoms with Gasteiger partial charge in [0.1, 0.15) is 5.82 Å². The molecule has 0 amide bonds. The Bertz CT molecular complexity index is 488. The fourth-order valence-corrected chi connectivity index (χ4v) is 1.91. The molecule has 0 radical (unpaired) electrons. The van der Waals surface area contributed by atoms with Crippen molar-refractivity contribution in [2.75, 3.05) is 0 Å². The van der Waals surface area contributed by atoms with Crippen LogP contribution in [0.1, 0.15) is 24.9 Å². The van der Waals surface area contributed by atoms with E-state index in [1.165, 1.54) is 6.07 Å². The van der Waals surface area contributed by atoms with E-state index in [4.69, 9.17) is 5.73 Å². The van der Waals surface area contributed by atoms with Crippen molar-refractivity contribution >= 4 is 10.9 Å². The Hall–Kier alpha value is -1.35. The number of nitrogens with two attached hydrogens (primary N) is 1. The van der Waals surface area contributed by atoms with Gasteiger partial charge in [-0.3, -0.25) is 0 Å². The molecule has 0 fully saturated rings. The average Bonchev–Trinajstić information content (AvgIpc) is 2.54. The molecule has 1 unspecified atom stereocenters. The van der Waals surface area contributed by atoms with E-state index in [0.717, 1.165) is 22.9 Å². The molecule has 2 N–H and O–H groups in total. The molecule has 15 heavy (non-hydrogen) atoms. The molecule has 0 saturated heterocycles. The Morgan fingerprint density at radius 3 is 2.87 bits per heavy atom. The molecule has 1 aromatic heterocycles. The first kappa shape index (κ1) is 10.2. The van der Waals surface area contributed by atoms with Gasteiger partial charge in [0.05, 0.1) is 0 Å². The van der Waals surface area contributed by atoms with Crippen LogP contribution in [-0.2, 0) is 7.05 Å². The summed E-state index contributed by atoms with van der Waals surface area (Å²) >= 11 is 0. The van der Waals surface area contributed by atoms with E-state index in [1.54, 1.807) is 12.1 Å². The summed E-state index contributed by atoms with van der Waals surface area (Å²) in [4.78, 5) is 0. The maximum atomic E-state index is 13.1. The minimum absolute atomic E-state index is 0.0181. The molecule has 2 aromatic rings. The number of aryl methyl sites for hydroxylation is 1. The van der Waals surface area contributed by atoms with Gasteiger partial charge in [-0.05, 0) is 30.2 Å². The highest BCUT2D eigenvalue weighted by molar-refractivity contribution is 5.84. The van der Waals surface area contributed by atoms with Gasteiger partial charge in [-0.15, -0.1) is 0 Å². The highest BCUT2D eigenvalue weighted by atomic mass is 19.1. The fraction of sp³-hybridized carbons (Fsp3) is 0.333. The first-order valence-electron chi connectivity index (χ1n) is 5.13. The zero-order valence-corrected chi connectivity index (χ0v) is 9.00. The van der Waals surface area contributed by atoms with Crippen LogP contribution in [-0.4, -0.2) is 4.57 Å². The largest absolute Gasteiger partial charge is 0.350 e. The second-order valence-electron chi connectivity index (χ2n) is 3.87. The van der Waals surface area contributed by atoms with Crippen LogP contribution >= 0.6 is 0 Å². The third-order valence-corrected chi connectivity index (χ3v) is 2.82. The Morgan fingerprint density at radius 2 is 2.20 bits per heavy atom. The van der Waals surface area contributed by atoms with E-state index in [2.05, 4.69) is 0 Å². The van der Waals surface area contributed by atoms with Crippen molar-refractivity contribution in [2.45, 2.75) is 19.4 Å². The summed E-state index contributed by atoms with van der Waals surface area (Å²) in [7, 11) is 1.95. The normalized spacial score (nSPS) is 13.3. The van der Waals surface area contributed by atoms with E-state index in [9.17, 15) is 4.39 Å². The van der Waals surface area contributed by atoms with Gasteiger partial charge in [0.25, 0.3) is 0 Å². The van der Waals surface area contributed by atoms with Crippen molar-refractivity contribution in [1.29, 1.82) is 0 Å². The molecule has 1 heterocycles. The number of rotatable bonds is 2. The lowest BCUT2D eigenvalue weighted by molar-refractivity contribution is 0.629. The third-order valence-electron chi connectivity index (χ3n) is 2.82. The van der Waals surface area contributed by atoms with E-state index >= 15 is 0 Å². The summed E-state index contributed by atoms with van der Waals surface area (Å²) in [6, 6.07) is 4.80. The molecule has 80 valence electrons. The van der Waals surface area contributed by atoms with Gasteiger partial charge in [-0.1, -0.05) is 6.92 Å². The van der Waals surface area contributed by atoms with Crippen molar-refractivity contribution in [3.05, 3.63) is 35.8 Å². The highest BCUT2D eigenvalue weighted by Crippen LogP contribution is 2.26. The summed E-state index contributed by atoms with van der Waals surface area (Å²) in [6.45, 7) is 2.03. The van der Waals surface area contributed by atoms with Crippen molar-refractivity contribution in [3.8, 4) is 0 Å². The Balaban J connectivity index is 2.69. The van der Waals surface area contributed by atoms with Crippen molar-refractivity contribution in [2.24, 2.45) is 12.8 Å². The van der Waals surface area contributed by atoms with E-state index in [1.807, 2.05) is 24.7 Å². The number of hydrogen-bond acceptors (Lipinski definition) is 1. The Kier molecular flexibility index (Phi) is 2.49. The van der Waals surface area contributed by atoms with Gasteiger partial charge < -0.3 is 10.3 Å². The smallest absolute Gasteiger partial charge is 0.123 e. The third kappa shape index (κ3) is 1.63. The van der Waals surface area contributed by atoms with Crippen LogP contribution in [0.2, 0.25) is 0 Å². The number of fused-ring (bicyclic) bond motifs is 1. The summed E-state index contributed by atoms with van der Waals surface area (Å²) in [5.41, 5.74) is 8.03. The molecule has 1 aromatic carbocycles. The van der Waals surface area contributed by atoms with Gasteiger partial charge in [0.2, 0.25) is 0 Å². The van der Waals surface area contributed by atoms with Gasteiger partial charge in [0.15, 0.2) is 0 Å². The maximum Gasteiger partial charge on any atom is 0.123 e. The van der Waals surface area contributed by atoms with Gasteiger partial charge in [0, 0.05) is 30.2 Å². The van der Waals surface area contributed by atoms with Gasteiger partial charge >= 0.3 is 0 Å². The van der Waals surface area contributed by atoms with Crippen molar-refractivity contribution in [3.63, 3.8) is 0 Å². The molecule has 0 aliphatic rings. The monoisotopic (exact) mass is 206 g/mol. The quantitative estimate of drug-likeness (QED) is 0.804. The van der Waals surface area contributed by atoms with E-state index < -0.39 is 0 Å². The predicted octanol–water partition coefficient (Wildman–Crippen LogP) is 2.73. The summed E-state index contributed by atoms with van der Waals surface area (Å²) < 4.78 is 15.1. The van der Waals surface area contributed by atoms with Gasteiger partial charge in [-0.2, -0.15) is 0 Å². The molecule has 0 aliphatic carbocycles. The Morgan fingerprint density at radius 1 is 1.47 bits per heavy atom. The first-order valence-corrected chi connectivity index (χ1v) is 5.13. The zero-order valence-electron chi connectivity index (χ0n) is 9.00. The number of hydrogen-bond donors (Lipinski definition) is 1. The topological polar surface area (TPSA) is 30.9 Å². The average molecular weight is 206 g/mol. The molecule has 3 heteroatoms. The van der Waals surface area contributed by atoms with Crippen LogP contribution in [0.15, 0.2) is 24.4 Å². The SMILES string of the molecule is CCC(N)c1cn(C)c2ccc(F)cc12. The second kappa shape index (κ2) is 3.66. The predicted molar refractivity (Wildman–Crippen MR) is 60.1 cm³/mol. The fourth-order valence-electron chi connectivity index (χ4n) is 1.91. The Labute approximate surface area is 88.5 Å². The lowest BCUT2D eigenvalue weighted by atomic mass is 10.0. The van der Waals surface area contributed by atoms with Crippen LogP contribution < -0.4 is 5.73 Å². The van der Waals surface area contributed by atoms with Crippen molar-refractivity contribution < 1.29 is 4.39 Å². The molecule has 0 saturated carbocycles. The van der Waals surface area contributed by atoms with Crippen LogP contribution in [0.3, 0.4) is 0 Å². The van der Waals surface area contributed by atoms with Crippen LogP contribution in [0, 0.1) is 5.82 Å². The molecular weight excluding hydrogens is 191 g/mol. The lowest BCUT2D eigenvalue weighted by Crippen LogP contribution is -2.07.